The molecule has 0 aromatic carbocycles. The van der Waals surface area contributed by atoms with E-state index < -0.39 is 0 Å². The number of halogens is 1. The summed E-state index contributed by atoms with van der Waals surface area (Å²) in [7, 11) is 0. The minimum Gasteiger partial charge on any atom is -0.0874 e. The van der Waals surface area contributed by atoms with E-state index in [0.717, 1.165) is 0 Å². The molecule has 0 bridgehead atoms. The molecular formula is C8H15I. The van der Waals surface area contributed by atoms with Gasteiger partial charge in [-0.05, 0) is 27.2 Å². The van der Waals surface area contributed by atoms with Gasteiger partial charge in [-0.25, -0.2) is 0 Å². The summed E-state index contributed by atoms with van der Waals surface area (Å²) in [5.74, 6) is 0. The van der Waals surface area contributed by atoms with Gasteiger partial charge in [-0.2, -0.15) is 0 Å². The molecule has 1 atom stereocenters. The van der Waals surface area contributed by atoms with Crippen molar-refractivity contribution in [1.82, 2.24) is 0 Å². The second-order valence-electron chi connectivity index (χ2n) is 2.52. The maximum Gasteiger partial charge on any atom is 0.0396 e. The highest BCUT2D eigenvalue weighted by molar-refractivity contribution is 14.1. The molecular weight excluding hydrogens is 223 g/mol. The van der Waals surface area contributed by atoms with Crippen LogP contribution in [-0.2, 0) is 0 Å². The maximum absolute atomic E-state index is 2.50. The van der Waals surface area contributed by atoms with Crippen LogP contribution in [0.3, 0.4) is 0 Å². The SMILES string of the molecule is C/C=C(\C)C(C)(I)CC. The second-order valence-corrected chi connectivity index (χ2v) is 4.90. The van der Waals surface area contributed by atoms with Gasteiger partial charge in [0.25, 0.3) is 0 Å². The molecule has 0 aromatic heterocycles. The highest BCUT2D eigenvalue weighted by Crippen LogP contribution is 2.30. The Morgan fingerprint density at radius 3 is 2.22 bits per heavy atom. The van der Waals surface area contributed by atoms with E-state index >= 15 is 0 Å². The van der Waals surface area contributed by atoms with Gasteiger partial charge in [0, 0.05) is 3.42 Å². The molecule has 0 heterocycles. The van der Waals surface area contributed by atoms with Gasteiger partial charge in [0.15, 0.2) is 0 Å². The van der Waals surface area contributed by atoms with Gasteiger partial charge >= 0.3 is 0 Å². The second kappa shape index (κ2) is 3.59. The molecule has 0 spiro atoms. The van der Waals surface area contributed by atoms with Crippen molar-refractivity contribution < 1.29 is 0 Å². The Morgan fingerprint density at radius 2 is 2.11 bits per heavy atom. The molecule has 0 N–H and O–H groups in total. The van der Waals surface area contributed by atoms with Gasteiger partial charge in [-0.1, -0.05) is 41.2 Å². The molecule has 0 aliphatic heterocycles. The number of hydrogen-bond acceptors (Lipinski definition) is 0. The van der Waals surface area contributed by atoms with Crippen LogP contribution in [0.15, 0.2) is 11.6 Å². The quantitative estimate of drug-likeness (QED) is 0.392. The molecule has 9 heavy (non-hydrogen) atoms. The summed E-state index contributed by atoms with van der Waals surface area (Å²) in [5.41, 5.74) is 1.48. The topological polar surface area (TPSA) is 0 Å². The average Bonchev–Trinajstić information content (AvgIpc) is 1.86. The van der Waals surface area contributed by atoms with E-state index in [9.17, 15) is 0 Å². The van der Waals surface area contributed by atoms with Gasteiger partial charge in [-0.15, -0.1) is 0 Å². The smallest absolute Gasteiger partial charge is 0.0396 e. The fraction of sp³-hybridized carbons (Fsp3) is 0.750. The van der Waals surface area contributed by atoms with Crippen LogP contribution in [0.1, 0.15) is 34.1 Å². The van der Waals surface area contributed by atoms with Crippen LogP contribution in [0.2, 0.25) is 0 Å². The van der Waals surface area contributed by atoms with Gasteiger partial charge in [-0.3, -0.25) is 0 Å². The van der Waals surface area contributed by atoms with E-state index in [1.54, 1.807) is 0 Å². The van der Waals surface area contributed by atoms with Crippen molar-refractivity contribution in [2.75, 3.05) is 0 Å². The molecule has 0 amide bonds. The van der Waals surface area contributed by atoms with Crippen LogP contribution in [-0.4, -0.2) is 3.42 Å². The molecule has 54 valence electrons. The first-order valence-corrected chi connectivity index (χ1v) is 4.44. The van der Waals surface area contributed by atoms with Crippen molar-refractivity contribution in [2.45, 2.75) is 37.5 Å². The monoisotopic (exact) mass is 238 g/mol. The predicted molar refractivity (Wildman–Crippen MR) is 52.1 cm³/mol. The van der Waals surface area contributed by atoms with Crippen LogP contribution in [0, 0.1) is 0 Å². The third-order valence-corrected chi connectivity index (χ3v) is 3.53. The van der Waals surface area contributed by atoms with Gasteiger partial charge in [0.1, 0.15) is 0 Å². The molecule has 0 nitrogen and oxygen atoms in total. The standard InChI is InChI=1S/C8H15I/c1-5-7(3)8(4,9)6-2/h5H,6H2,1-4H3/b7-5+. The van der Waals surface area contributed by atoms with E-state index in [0.29, 0.717) is 3.42 Å². The fourth-order valence-corrected chi connectivity index (χ4v) is 0.891. The molecule has 0 aromatic rings. The Morgan fingerprint density at radius 1 is 1.67 bits per heavy atom. The fourth-order valence-electron chi connectivity index (χ4n) is 0.580. The van der Waals surface area contributed by atoms with Crippen molar-refractivity contribution in [3.63, 3.8) is 0 Å². The van der Waals surface area contributed by atoms with E-state index in [4.69, 9.17) is 0 Å². The van der Waals surface area contributed by atoms with Crippen molar-refractivity contribution in [3.05, 3.63) is 11.6 Å². The molecule has 0 fully saturated rings. The van der Waals surface area contributed by atoms with Crippen LogP contribution < -0.4 is 0 Å². The molecule has 0 radical (unpaired) electrons. The summed E-state index contributed by atoms with van der Waals surface area (Å²) >= 11 is 2.50. The first kappa shape index (κ1) is 9.47. The number of rotatable bonds is 2. The Bertz CT molecular complexity index is 112. The third-order valence-electron chi connectivity index (χ3n) is 1.92. The van der Waals surface area contributed by atoms with Crippen molar-refractivity contribution >= 4 is 22.6 Å². The molecule has 0 aliphatic rings. The zero-order valence-corrected chi connectivity index (χ0v) is 8.82. The van der Waals surface area contributed by atoms with Crippen molar-refractivity contribution in [2.24, 2.45) is 0 Å². The number of hydrogen-bond donors (Lipinski definition) is 0. The lowest BCUT2D eigenvalue weighted by atomic mass is 10.0. The van der Waals surface area contributed by atoms with E-state index in [-0.39, 0.29) is 0 Å². The average molecular weight is 238 g/mol. The zero-order valence-electron chi connectivity index (χ0n) is 6.66. The largest absolute Gasteiger partial charge is 0.0874 e. The molecule has 1 unspecified atom stereocenters. The van der Waals surface area contributed by atoms with Crippen LogP contribution in [0.5, 0.6) is 0 Å². The molecule has 1 heteroatoms. The normalized spacial score (nSPS) is 19.4. The lowest BCUT2D eigenvalue weighted by molar-refractivity contribution is 0.744. The predicted octanol–water partition coefficient (Wildman–Crippen LogP) is 3.56. The lowest BCUT2D eigenvalue weighted by Gasteiger charge is -2.20. The van der Waals surface area contributed by atoms with Gasteiger partial charge in [0.2, 0.25) is 0 Å². The Balaban J connectivity index is 4.14. The summed E-state index contributed by atoms with van der Waals surface area (Å²) in [4.78, 5) is 0. The van der Waals surface area contributed by atoms with E-state index in [2.05, 4.69) is 56.4 Å². The van der Waals surface area contributed by atoms with Crippen molar-refractivity contribution in [1.29, 1.82) is 0 Å². The van der Waals surface area contributed by atoms with E-state index in [1.165, 1.54) is 12.0 Å². The van der Waals surface area contributed by atoms with Crippen LogP contribution in [0.25, 0.3) is 0 Å². The number of alkyl halides is 1. The maximum atomic E-state index is 2.50. The minimum absolute atomic E-state index is 0.381. The first-order valence-electron chi connectivity index (χ1n) is 3.37. The third kappa shape index (κ3) is 2.70. The number of allylic oxidation sites excluding steroid dienone is 2. The van der Waals surface area contributed by atoms with Gasteiger partial charge < -0.3 is 0 Å². The highest BCUT2D eigenvalue weighted by Gasteiger charge is 2.17. The summed E-state index contributed by atoms with van der Waals surface area (Å²) in [6, 6.07) is 0. The van der Waals surface area contributed by atoms with E-state index in [1.807, 2.05) is 0 Å². The van der Waals surface area contributed by atoms with Crippen molar-refractivity contribution in [3.8, 4) is 0 Å². The van der Waals surface area contributed by atoms with Gasteiger partial charge in [0.05, 0.1) is 0 Å². The molecule has 0 saturated heterocycles. The zero-order chi connectivity index (χ0) is 7.49. The lowest BCUT2D eigenvalue weighted by Crippen LogP contribution is -2.14. The molecule has 0 rings (SSSR count). The Kier molecular flexibility index (Phi) is 3.78. The molecule has 0 saturated carbocycles. The Labute approximate surface area is 71.9 Å². The summed E-state index contributed by atoms with van der Waals surface area (Å²) in [6.45, 7) is 8.78. The summed E-state index contributed by atoms with van der Waals surface area (Å²) in [5, 5.41) is 0. The minimum atomic E-state index is 0.381. The highest BCUT2D eigenvalue weighted by atomic mass is 127. The Hall–Kier alpha value is 0.470. The van der Waals surface area contributed by atoms with Crippen LogP contribution >= 0.6 is 22.6 Å². The summed E-state index contributed by atoms with van der Waals surface area (Å²) in [6.07, 6.45) is 3.40. The molecule has 0 aliphatic carbocycles. The summed E-state index contributed by atoms with van der Waals surface area (Å²) < 4.78 is 0.381. The first-order chi connectivity index (χ1) is 4.04. The van der Waals surface area contributed by atoms with Crippen LogP contribution in [0.4, 0.5) is 0 Å².